The number of anilines is 1. The third-order valence-corrected chi connectivity index (χ3v) is 3.91. The number of benzene rings is 1. The molecule has 1 aliphatic carbocycles. The summed E-state index contributed by atoms with van der Waals surface area (Å²) in [6, 6.07) is 5.61. The zero-order chi connectivity index (χ0) is 13.9. The molecule has 1 heterocycles. The van der Waals surface area contributed by atoms with Gasteiger partial charge < -0.3 is 14.8 Å². The van der Waals surface area contributed by atoms with Crippen molar-refractivity contribution in [2.75, 3.05) is 25.1 Å². The molecule has 0 spiro atoms. The second kappa shape index (κ2) is 5.61. The van der Waals surface area contributed by atoms with Gasteiger partial charge in [0.1, 0.15) is 0 Å². The Morgan fingerprint density at radius 1 is 1.25 bits per heavy atom. The van der Waals surface area contributed by atoms with Gasteiger partial charge in [-0.2, -0.15) is 0 Å². The number of carbonyl (C=O) groups is 1. The van der Waals surface area contributed by atoms with Crippen molar-refractivity contribution in [3.8, 4) is 11.5 Å². The van der Waals surface area contributed by atoms with Crippen molar-refractivity contribution in [3.63, 3.8) is 0 Å². The standard InChI is InChI=1S/C15H20N2O3/c1-19-13-7-6-11(17-9-8-16-15(17)18)10-14(13)20-12-4-2-3-5-12/h6-7,10,12H,2-5,8-9H2,1H3,(H,16,18). The molecule has 0 bridgehead atoms. The molecule has 5 nitrogen and oxygen atoms in total. The van der Waals surface area contributed by atoms with Gasteiger partial charge in [0.15, 0.2) is 11.5 Å². The molecule has 1 saturated carbocycles. The molecule has 2 fully saturated rings. The SMILES string of the molecule is COc1ccc(N2CCNC2=O)cc1OC1CCCC1. The van der Waals surface area contributed by atoms with Crippen LogP contribution in [-0.2, 0) is 0 Å². The Hall–Kier alpha value is -1.91. The fraction of sp³-hybridized carbons (Fsp3) is 0.533. The molecule has 0 unspecified atom stereocenters. The number of hydrogen-bond donors (Lipinski definition) is 1. The topological polar surface area (TPSA) is 50.8 Å². The Morgan fingerprint density at radius 3 is 2.70 bits per heavy atom. The lowest BCUT2D eigenvalue weighted by atomic mass is 10.2. The molecule has 1 saturated heterocycles. The Labute approximate surface area is 118 Å². The summed E-state index contributed by atoms with van der Waals surface area (Å²) in [4.78, 5) is 13.5. The summed E-state index contributed by atoms with van der Waals surface area (Å²) in [7, 11) is 1.64. The molecule has 2 aliphatic rings. The van der Waals surface area contributed by atoms with Gasteiger partial charge in [-0.25, -0.2) is 4.79 Å². The highest BCUT2D eigenvalue weighted by Crippen LogP contribution is 2.35. The third kappa shape index (κ3) is 2.53. The predicted molar refractivity (Wildman–Crippen MR) is 76.6 cm³/mol. The number of nitrogens with one attached hydrogen (secondary N) is 1. The van der Waals surface area contributed by atoms with Crippen LogP contribution in [0.1, 0.15) is 25.7 Å². The first-order valence-corrected chi connectivity index (χ1v) is 7.18. The summed E-state index contributed by atoms with van der Waals surface area (Å²) in [5, 5.41) is 2.80. The number of urea groups is 1. The van der Waals surface area contributed by atoms with Gasteiger partial charge in [-0.3, -0.25) is 4.90 Å². The molecule has 2 amide bonds. The highest BCUT2D eigenvalue weighted by atomic mass is 16.5. The average molecular weight is 276 g/mol. The molecule has 0 radical (unpaired) electrons. The maximum Gasteiger partial charge on any atom is 0.321 e. The maximum absolute atomic E-state index is 11.7. The first-order chi connectivity index (χ1) is 9.78. The molecule has 5 heteroatoms. The third-order valence-electron chi connectivity index (χ3n) is 3.91. The van der Waals surface area contributed by atoms with Gasteiger partial charge in [-0.05, 0) is 37.8 Å². The smallest absolute Gasteiger partial charge is 0.321 e. The summed E-state index contributed by atoms with van der Waals surface area (Å²) in [5.41, 5.74) is 0.855. The van der Waals surface area contributed by atoms with Crippen LogP contribution in [0.15, 0.2) is 18.2 Å². The average Bonchev–Trinajstić information content (AvgIpc) is 3.10. The number of amides is 2. The summed E-state index contributed by atoms with van der Waals surface area (Å²) in [6.45, 7) is 1.37. The number of rotatable bonds is 4. The van der Waals surface area contributed by atoms with Gasteiger partial charge in [0.25, 0.3) is 0 Å². The van der Waals surface area contributed by atoms with Crippen molar-refractivity contribution in [1.82, 2.24) is 5.32 Å². The van der Waals surface area contributed by atoms with E-state index in [4.69, 9.17) is 9.47 Å². The fourth-order valence-corrected chi connectivity index (χ4v) is 2.83. The van der Waals surface area contributed by atoms with Gasteiger partial charge in [0.2, 0.25) is 0 Å². The second-order valence-corrected chi connectivity index (χ2v) is 5.24. The van der Waals surface area contributed by atoms with E-state index < -0.39 is 0 Å². The number of hydrogen-bond acceptors (Lipinski definition) is 3. The van der Waals surface area contributed by atoms with Gasteiger partial charge in [0.05, 0.1) is 13.2 Å². The minimum Gasteiger partial charge on any atom is -0.493 e. The van der Waals surface area contributed by atoms with Gasteiger partial charge >= 0.3 is 6.03 Å². The number of nitrogens with zero attached hydrogens (tertiary/aromatic N) is 1. The van der Waals surface area contributed by atoms with E-state index in [9.17, 15) is 4.79 Å². The molecular weight excluding hydrogens is 256 g/mol. The Morgan fingerprint density at radius 2 is 2.05 bits per heavy atom. The van der Waals surface area contributed by atoms with Crippen molar-refractivity contribution in [2.45, 2.75) is 31.8 Å². The predicted octanol–water partition coefficient (Wildman–Crippen LogP) is 2.55. The number of ether oxygens (including phenoxy) is 2. The summed E-state index contributed by atoms with van der Waals surface area (Å²) in [5.74, 6) is 1.46. The summed E-state index contributed by atoms with van der Waals surface area (Å²) >= 11 is 0. The molecule has 1 aromatic rings. The fourth-order valence-electron chi connectivity index (χ4n) is 2.83. The Bertz CT molecular complexity index is 498. The lowest BCUT2D eigenvalue weighted by molar-refractivity contribution is 0.201. The van der Waals surface area contributed by atoms with Crippen molar-refractivity contribution in [3.05, 3.63) is 18.2 Å². The van der Waals surface area contributed by atoms with Crippen LogP contribution in [0.5, 0.6) is 11.5 Å². The summed E-state index contributed by atoms with van der Waals surface area (Å²) < 4.78 is 11.4. The zero-order valence-corrected chi connectivity index (χ0v) is 11.7. The van der Waals surface area contributed by atoms with Crippen LogP contribution < -0.4 is 19.7 Å². The lowest BCUT2D eigenvalue weighted by Gasteiger charge is -2.19. The first-order valence-electron chi connectivity index (χ1n) is 7.18. The van der Waals surface area contributed by atoms with E-state index in [1.54, 1.807) is 12.0 Å². The largest absolute Gasteiger partial charge is 0.493 e. The second-order valence-electron chi connectivity index (χ2n) is 5.24. The van der Waals surface area contributed by atoms with E-state index in [-0.39, 0.29) is 12.1 Å². The molecular formula is C15H20N2O3. The highest BCUT2D eigenvalue weighted by Gasteiger charge is 2.23. The molecule has 1 N–H and O–H groups in total. The minimum absolute atomic E-state index is 0.0537. The van der Waals surface area contributed by atoms with E-state index in [2.05, 4.69) is 5.32 Å². The molecule has 1 aliphatic heterocycles. The zero-order valence-electron chi connectivity index (χ0n) is 11.7. The molecule has 0 atom stereocenters. The quantitative estimate of drug-likeness (QED) is 0.919. The Balaban J connectivity index is 1.83. The monoisotopic (exact) mass is 276 g/mol. The number of methoxy groups -OCH3 is 1. The van der Waals surface area contributed by atoms with Gasteiger partial charge in [-0.1, -0.05) is 0 Å². The van der Waals surface area contributed by atoms with Crippen LogP contribution in [0.2, 0.25) is 0 Å². The molecule has 20 heavy (non-hydrogen) atoms. The van der Waals surface area contributed by atoms with E-state index >= 15 is 0 Å². The van der Waals surface area contributed by atoms with Crippen molar-refractivity contribution in [1.29, 1.82) is 0 Å². The van der Waals surface area contributed by atoms with Crippen LogP contribution in [-0.4, -0.2) is 32.3 Å². The van der Waals surface area contributed by atoms with Crippen LogP contribution in [0, 0.1) is 0 Å². The highest BCUT2D eigenvalue weighted by molar-refractivity contribution is 5.94. The van der Waals surface area contributed by atoms with E-state index in [1.165, 1.54) is 12.8 Å². The van der Waals surface area contributed by atoms with Gasteiger partial charge in [-0.15, -0.1) is 0 Å². The normalized spacial score (nSPS) is 19.2. The van der Waals surface area contributed by atoms with Crippen LogP contribution in [0.25, 0.3) is 0 Å². The Kier molecular flexibility index (Phi) is 3.67. The van der Waals surface area contributed by atoms with Gasteiger partial charge in [0, 0.05) is 24.8 Å². The van der Waals surface area contributed by atoms with E-state index in [1.807, 2.05) is 18.2 Å². The van der Waals surface area contributed by atoms with Crippen LogP contribution in [0.3, 0.4) is 0 Å². The van der Waals surface area contributed by atoms with Crippen molar-refractivity contribution >= 4 is 11.7 Å². The molecule has 1 aromatic carbocycles. The maximum atomic E-state index is 11.7. The molecule has 3 rings (SSSR count). The molecule has 108 valence electrons. The van der Waals surface area contributed by atoms with Crippen LogP contribution in [0.4, 0.5) is 10.5 Å². The van der Waals surface area contributed by atoms with Crippen molar-refractivity contribution in [2.24, 2.45) is 0 Å². The van der Waals surface area contributed by atoms with Crippen LogP contribution >= 0.6 is 0 Å². The minimum atomic E-state index is -0.0537. The van der Waals surface area contributed by atoms with E-state index in [0.717, 1.165) is 30.0 Å². The summed E-state index contributed by atoms with van der Waals surface area (Å²) in [6.07, 6.45) is 4.91. The van der Waals surface area contributed by atoms with E-state index in [0.29, 0.717) is 13.1 Å². The number of carbonyl (C=O) groups excluding carboxylic acids is 1. The molecule has 0 aromatic heterocycles. The first kappa shape index (κ1) is 13.1. The lowest BCUT2D eigenvalue weighted by Crippen LogP contribution is -2.27. The van der Waals surface area contributed by atoms with Crippen molar-refractivity contribution < 1.29 is 14.3 Å².